The monoisotopic (exact) mass is 330 g/mol. The fourth-order valence-corrected chi connectivity index (χ4v) is 3.03. The summed E-state index contributed by atoms with van der Waals surface area (Å²) in [6.07, 6.45) is 2.45. The molecule has 1 saturated heterocycles. The van der Waals surface area contributed by atoms with Crippen LogP contribution in [0, 0.1) is 5.92 Å². The second-order valence-corrected chi connectivity index (χ2v) is 7.68. The predicted octanol–water partition coefficient (Wildman–Crippen LogP) is 3.36. The summed E-state index contributed by atoms with van der Waals surface area (Å²) in [5, 5.41) is 2.96. The van der Waals surface area contributed by atoms with Gasteiger partial charge < -0.3 is 10.2 Å². The van der Waals surface area contributed by atoms with Crippen molar-refractivity contribution >= 4 is 11.8 Å². The normalized spacial score (nSPS) is 16.1. The Kier molecular flexibility index (Phi) is 6.03. The number of nitrogens with one attached hydrogen (secondary N) is 1. The molecule has 1 aliphatic heterocycles. The lowest BCUT2D eigenvalue weighted by Crippen LogP contribution is -2.43. The molecule has 0 unspecified atom stereocenters. The minimum absolute atomic E-state index is 0.0452. The smallest absolute Gasteiger partial charge is 0.253 e. The molecule has 1 aromatic carbocycles. The van der Waals surface area contributed by atoms with Gasteiger partial charge in [-0.2, -0.15) is 0 Å². The Balaban J connectivity index is 1.92. The van der Waals surface area contributed by atoms with Gasteiger partial charge in [-0.05, 0) is 42.4 Å². The van der Waals surface area contributed by atoms with E-state index in [-0.39, 0.29) is 23.1 Å². The molecule has 0 aromatic heterocycles. The van der Waals surface area contributed by atoms with Gasteiger partial charge in [-0.25, -0.2) is 0 Å². The molecule has 1 fully saturated rings. The molecule has 1 aliphatic rings. The number of piperidine rings is 1. The Morgan fingerprint density at radius 2 is 1.71 bits per heavy atom. The van der Waals surface area contributed by atoms with Gasteiger partial charge >= 0.3 is 0 Å². The standard InChI is InChI=1S/C20H30N2O2/c1-5-12-21-18(23)15-10-13-22(14-11-15)19(24)16-6-8-17(9-7-16)20(2,3)4/h6-9,15H,5,10-14H2,1-4H3,(H,21,23). The predicted molar refractivity (Wildman–Crippen MR) is 97.1 cm³/mol. The summed E-state index contributed by atoms with van der Waals surface area (Å²) >= 11 is 0. The average Bonchev–Trinajstić information content (AvgIpc) is 2.58. The van der Waals surface area contributed by atoms with E-state index in [1.807, 2.05) is 36.1 Å². The van der Waals surface area contributed by atoms with Gasteiger partial charge in [0, 0.05) is 31.1 Å². The lowest BCUT2D eigenvalue weighted by atomic mass is 9.86. The van der Waals surface area contributed by atoms with E-state index in [9.17, 15) is 9.59 Å². The highest BCUT2D eigenvalue weighted by Gasteiger charge is 2.27. The lowest BCUT2D eigenvalue weighted by molar-refractivity contribution is -0.126. The summed E-state index contributed by atoms with van der Waals surface area (Å²) in [5.74, 6) is 0.255. The first kappa shape index (κ1) is 18.5. The van der Waals surface area contributed by atoms with E-state index >= 15 is 0 Å². The molecule has 132 valence electrons. The molecule has 4 nitrogen and oxygen atoms in total. The van der Waals surface area contributed by atoms with Crippen LogP contribution in [-0.2, 0) is 10.2 Å². The van der Waals surface area contributed by atoms with Gasteiger partial charge in [0.2, 0.25) is 5.91 Å². The van der Waals surface area contributed by atoms with Crippen molar-refractivity contribution in [3.63, 3.8) is 0 Å². The zero-order valence-corrected chi connectivity index (χ0v) is 15.4. The molecular weight excluding hydrogens is 300 g/mol. The molecule has 2 amide bonds. The van der Waals surface area contributed by atoms with Crippen molar-refractivity contribution in [2.75, 3.05) is 19.6 Å². The number of carbonyl (C=O) groups is 2. The minimum atomic E-state index is 0.0452. The minimum Gasteiger partial charge on any atom is -0.356 e. The molecule has 4 heteroatoms. The first-order valence-corrected chi connectivity index (χ1v) is 9.00. The summed E-state index contributed by atoms with van der Waals surface area (Å²) in [5.41, 5.74) is 2.05. The first-order chi connectivity index (χ1) is 11.3. The third kappa shape index (κ3) is 4.59. The van der Waals surface area contributed by atoms with E-state index in [2.05, 4.69) is 26.1 Å². The van der Waals surface area contributed by atoms with Gasteiger partial charge in [0.15, 0.2) is 0 Å². The summed E-state index contributed by atoms with van der Waals surface area (Å²) in [6, 6.07) is 7.92. The molecule has 1 N–H and O–H groups in total. The maximum atomic E-state index is 12.6. The molecule has 0 radical (unpaired) electrons. The number of rotatable bonds is 4. The van der Waals surface area contributed by atoms with Crippen LogP contribution in [0.1, 0.15) is 62.9 Å². The second kappa shape index (κ2) is 7.82. The van der Waals surface area contributed by atoms with E-state index in [1.54, 1.807) is 0 Å². The van der Waals surface area contributed by atoms with Crippen LogP contribution >= 0.6 is 0 Å². The lowest BCUT2D eigenvalue weighted by Gasteiger charge is -2.31. The van der Waals surface area contributed by atoms with Gasteiger partial charge in [-0.15, -0.1) is 0 Å². The number of hydrogen-bond acceptors (Lipinski definition) is 2. The van der Waals surface area contributed by atoms with Crippen molar-refractivity contribution in [3.05, 3.63) is 35.4 Å². The quantitative estimate of drug-likeness (QED) is 0.920. The van der Waals surface area contributed by atoms with Gasteiger partial charge in [0.25, 0.3) is 5.91 Å². The van der Waals surface area contributed by atoms with Crippen LogP contribution in [0.15, 0.2) is 24.3 Å². The number of nitrogens with zero attached hydrogens (tertiary/aromatic N) is 1. The Hall–Kier alpha value is -1.84. The fourth-order valence-electron chi connectivity index (χ4n) is 3.03. The summed E-state index contributed by atoms with van der Waals surface area (Å²) < 4.78 is 0. The zero-order valence-electron chi connectivity index (χ0n) is 15.4. The zero-order chi connectivity index (χ0) is 17.7. The van der Waals surface area contributed by atoms with Crippen LogP contribution in [0.25, 0.3) is 0 Å². The van der Waals surface area contributed by atoms with Gasteiger partial charge in [0.05, 0.1) is 0 Å². The van der Waals surface area contributed by atoms with Crippen molar-refractivity contribution in [3.8, 4) is 0 Å². The number of benzene rings is 1. The molecule has 0 bridgehead atoms. The summed E-state index contributed by atoms with van der Waals surface area (Å²) in [7, 11) is 0. The Bertz CT molecular complexity index is 564. The topological polar surface area (TPSA) is 49.4 Å². The average molecular weight is 330 g/mol. The number of likely N-dealkylation sites (tertiary alicyclic amines) is 1. The largest absolute Gasteiger partial charge is 0.356 e. The highest BCUT2D eigenvalue weighted by Crippen LogP contribution is 2.24. The molecule has 1 heterocycles. The Labute approximate surface area is 145 Å². The third-order valence-corrected chi connectivity index (χ3v) is 4.70. The molecule has 0 atom stereocenters. The van der Waals surface area contributed by atoms with E-state index in [0.717, 1.165) is 31.4 Å². The Morgan fingerprint density at radius 1 is 1.12 bits per heavy atom. The van der Waals surface area contributed by atoms with Crippen LogP contribution in [0.4, 0.5) is 0 Å². The van der Waals surface area contributed by atoms with Gasteiger partial charge in [0.1, 0.15) is 0 Å². The maximum absolute atomic E-state index is 12.6. The SMILES string of the molecule is CCCNC(=O)C1CCN(C(=O)c2ccc(C(C)(C)C)cc2)CC1. The third-order valence-electron chi connectivity index (χ3n) is 4.70. The highest BCUT2D eigenvalue weighted by atomic mass is 16.2. The fraction of sp³-hybridized carbons (Fsp3) is 0.600. The van der Waals surface area contributed by atoms with Crippen LogP contribution < -0.4 is 5.32 Å². The second-order valence-electron chi connectivity index (χ2n) is 7.68. The molecule has 0 saturated carbocycles. The molecular formula is C20H30N2O2. The van der Waals surface area contributed by atoms with Gasteiger partial charge in [-0.3, -0.25) is 9.59 Å². The van der Waals surface area contributed by atoms with Crippen molar-refractivity contribution in [2.45, 2.75) is 52.4 Å². The summed E-state index contributed by atoms with van der Waals surface area (Å²) in [6.45, 7) is 10.6. The van der Waals surface area contributed by atoms with Crippen LogP contribution in [-0.4, -0.2) is 36.3 Å². The van der Waals surface area contributed by atoms with E-state index in [4.69, 9.17) is 0 Å². The van der Waals surface area contributed by atoms with E-state index in [1.165, 1.54) is 5.56 Å². The van der Waals surface area contributed by atoms with Crippen LogP contribution in [0.2, 0.25) is 0 Å². The molecule has 24 heavy (non-hydrogen) atoms. The molecule has 0 spiro atoms. The first-order valence-electron chi connectivity index (χ1n) is 9.00. The number of hydrogen-bond donors (Lipinski definition) is 1. The van der Waals surface area contributed by atoms with Crippen molar-refractivity contribution in [1.82, 2.24) is 10.2 Å². The summed E-state index contributed by atoms with van der Waals surface area (Å²) in [4.78, 5) is 26.5. The van der Waals surface area contributed by atoms with Crippen molar-refractivity contribution in [2.24, 2.45) is 5.92 Å². The van der Waals surface area contributed by atoms with Crippen molar-refractivity contribution < 1.29 is 9.59 Å². The van der Waals surface area contributed by atoms with E-state index in [0.29, 0.717) is 13.1 Å². The molecule has 2 rings (SSSR count). The highest BCUT2D eigenvalue weighted by molar-refractivity contribution is 5.94. The maximum Gasteiger partial charge on any atom is 0.253 e. The van der Waals surface area contributed by atoms with Crippen LogP contribution in [0.3, 0.4) is 0 Å². The Morgan fingerprint density at radius 3 is 2.21 bits per heavy atom. The van der Waals surface area contributed by atoms with Gasteiger partial charge in [-0.1, -0.05) is 39.8 Å². The van der Waals surface area contributed by atoms with Crippen molar-refractivity contribution in [1.29, 1.82) is 0 Å². The van der Waals surface area contributed by atoms with E-state index < -0.39 is 0 Å². The van der Waals surface area contributed by atoms with Crippen LogP contribution in [0.5, 0.6) is 0 Å². The number of amides is 2. The molecule has 0 aliphatic carbocycles. The molecule has 1 aromatic rings. The number of carbonyl (C=O) groups excluding carboxylic acids is 2.